The van der Waals surface area contributed by atoms with Gasteiger partial charge in [-0.1, -0.05) is 19.9 Å². The summed E-state index contributed by atoms with van der Waals surface area (Å²) in [6.45, 7) is 7.86. The van der Waals surface area contributed by atoms with Crippen LogP contribution in [0, 0.1) is 5.92 Å². The number of ether oxygens (including phenoxy) is 1. The van der Waals surface area contributed by atoms with Crippen LogP contribution in [0.3, 0.4) is 0 Å². The Kier molecular flexibility index (Phi) is 3.92. The second-order valence-corrected chi connectivity index (χ2v) is 8.09. The average Bonchev–Trinajstić information content (AvgIpc) is 3.06. The van der Waals surface area contributed by atoms with Gasteiger partial charge in [0.25, 0.3) is 0 Å². The molecule has 1 aromatic rings. The summed E-state index contributed by atoms with van der Waals surface area (Å²) in [5, 5.41) is 0. The first kappa shape index (κ1) is 16.1. The van der Waals surface area contributed by atoms with Crippen LogP contribution in [-0.2, 0) is 16.6 Å². The van der Waals surface area contributed by atoms with Crippen molar-refractivity contribution in [2.75, 3.05) is 19.7 Å². The van der Waals surface area contributed by atoms with Crippen molar-refractivity contribution in [2.45, 2.75) is 57.1 Å². The molecule has 0 unspecified atom stereocenters. The maximum absolute atomic E-state index is 11.6. The lowest BCUT2D eigenvalue weighted by molar-refractivity contribution is -0.00666. The molecule has 24 heavy (non-hydrogen) atoms. The smallest absolute Gasteiger partial charge is 0.248 e. The molecule has 4 atom stereocenters. The van der Waals surface area contributed by atoms with Gasteiger partial charge in [-0.3, -0.25) is 9.69 Å². The zero-order valence-electron chi connectivity index (χ0n) is 14.8. The first-order valence-electron chi connectivity index (χ1n) is 9.28. The molecular formula is C20H28N2O2. The van der Waals surface area contributed by atoms with Gasteiger partial charge in [-0.05, 0) is 66.8 Å². The third-order valence-electron chi connectivity index (χ3n) is 6.87. The molecule has 3 aliphatic rings. The molecule has 2 bridgehead atoms. The van der Waals surface area contributed by atoms with Gasteiger partial charge in [0, 0.05) is 24.8 Å². The van der Waals surface area contributed by atoms with Crippen LogP contribution in [-0.4, -0.2) is 42.6 Å². The van der Waals surface area contributed by atoms with Crippen molar-refractivity contribution in [1.82, 2.24) is 4.90 Å². The molecule has 4 rings (SSSR count). The molecule has 1 aliphatic carbocycles. The van der Waals surface area contributed by atoms with Crippen LogP contribution in [0.25, 0.3) is 0 Å². The summed E-state index contributed by atoms with van der Waals surface area (Å²) in [6.07, 6.45) is 5.02. The Morgan fingerprint density at radius 3 is 3.00 bits per heavy atom. The summed E-state index contributed by atoms with van der Waals surface area (Å²) in [5.41, 5.74) is 9.02. The molecule has 0 aromatic heterocycles. The molecule has 1 aromatic carbocycles. The number of fused-ring (bicyclic) bond motifs is 4. The number of nitrogens with two attached hydrogens (primary N) is 1. The number of carbonyl (C=O) groups is 1. The first-order valence-corrected chi connectivity index (χ1v) is 9.28. The molecule has 0 saturated carbocycles. The van der Waals surface area contributed by atoms with Crippen LogP contribution in [0.2, 0.25) is 0 Å². The summed E-state index contributed by atoms with van der Waals surface area (Å²) < 4.78 is 5.87. The maximum Gasteiger partial charge on any atom is 0.248 e. The third-order valence-corrected chi connectivity index (χ3v) is 6.87. The van der Waals surface area contributed by atoms with Crippen LogP contribution in [0.4, 0.5) is 0 Å². The number of carbonyl (C=O) groups excluding carboxylic acids is 1. The quantitative estimate of drug-likeness (QED) is 0.927. The highest BCUT2D eigenvalue weighted by molar-refractivity contribution is 5.93. The van der Waals surface area contributed by atoms with Crippen molar-refractivity contribution in [3.63, 3.8) is 0 Å². The summed E-state index contributed by atoms with van der Waals surface area (Å²) >= 11 is 0. The molecule has 0 radical (unpaired) electrons. The molecule has 2 saturated heterocycles. The van der Waals surface area contributed by atoms with Gasteiger partial charge in [0.1, 0.15) is 0 Å². The van der Waals surface area contributed by atoms with E-state index in [1.807, 2.05) is 6.07 Å². The Balaban J connectivity index is 1.64. The van der Waals surface area contributed by atoms with E-state index in [4.69, 9.17) is 10.5 Å². The largest absolute Gasteiger partial charge is 0.377 e. The van der Waals surface area contributed by atoms with E-state index in [1.54, 1.807) is 0 Å². The minimum Gasteiger partial charge on any atom is -0.377 e. The molecule has 2 heterocycles. The molecule has 1 amide bonds. The van der Waals surface area contributed by atoms with E-state index in [2.05, 4.69) is 30.9 Å². The highest BCUT2D eigenvalue weighted by atomic mass is 16.5. The number of primary amides is 1. The molecular weight excluding hydrogens is 300 g/mol. The second-order valence-electron chi connectivity index (χ2n) is 8.09. The molecule has 0 spiro atoms. The van der Waals surface area contributed by atoms with Crippen LogP contribution >= 0.6 is 0 Å². The molecule has 130 valence electrons. The molecule has 4 nitrogen and oxygen atoms in total. The number of nitrogens with zero attached hydrogens (tertiary/aromatic N) is 1. The third kappa shape index (κ3) is 2.47. The van der Waals surface area contributed by atoms with E-state index in [9.17, 15) is 4.79 Å². The zero-order valence-corrected chi connectivity index (χ0v) is 14.8. The summed E-state index contributed by atoms with van der Waals surface area (Å²) in [7, 11) is 0. The predicted octanol–water partition coefficient (Wildman–Crippen LogP) is 2.49. The van der Waals surface area contributed by atoms with Gasteiger partial charge in [-0.25, -0.2) is 0 Å². The van der Waals surface area contributed by atoms with E-state index in [0.29, 0.717) is 23.6 Å². The predicted molar refractivity (Wildman–Crippen MR) is 94.1 cm³/mol. The molecule has 2 aliphatic heterocycles. The van der Waals surface area contributed by atoms with Crippen molar-refractivity contribution < 1.29 is 9.53 Å². The minimum atomic E-state index is -0.327. The highest BCUT2D eigenvalue weighted by Gasteiger charge is 2.48. The van der Waals surface area contributed by atoms with Crippen LogP contribution in [0.1, 0.15) is 54.6 Å². The average molecular weight is 328 g/mol. The SMILES string of the molecule is C[C@@H]1[C@@H]2Cc3ccc(C(N)=O)cc3[C@@]1(C)CCN2C[C@H]1CCCO1. The van der Waals surface area contributed by atoms with Crippen molar-refractivity contribution in [3.8, 4) is 0 Å². The second kappa shape index (κ2) is 5.85. The monoisotopic (exact) mass is 328 g/mol. The Bertz CT molecular complexity index is 653. The fourth-order valence-corrected chi connectivity index (χ4v) is 5.14. The van der Waals surface area contributed by atoms with Gasteiger partial charge >= 0.3 is 0 Å². The van der Waals surface area contributed by atoms with E-state index >= 15 is 0 Å². The number of benzene rings is 1. The van der Waals surface area contributed by atoms with Crippen molar-refractivity contribution in [1.29, 1.82) is 0 Å². The first-order chi connectivity index (χ1) is 11.5. The Morgan fingerprint density at radius 1 is 1.46 bits per heavy atom. The van der Waals surface area contributed by atoms with Crippen molar-refractivity contribution >= 4 is 5.91 Å². The Morgan fingerprint density at radius 2 is 2.29 bits per heavy atom. The lowest BCUT2D eigenvalue weighted by Crippen LogP contribution is -2.59. The fourth-order valence-electron chi connectivity index (χ4n) is 5.14. The Hall–Kier alpha value is -1.39. The summed E-state index contributed by atoms with van der Waals surface area (Å²) in [6, 6.07) is 6.64. The lowest BCUT2D eigenvalue weighted by Gasteiger charge is -2.55. The molecule has 4 heteroatoms. The fraction of sp³-hybridized carbons (Fsp3) is 0.650. The topological polar surface area (TPSA) is 55.6 Å². The number of hydrogen-bond donors (Lipinski definition) is 1. The van der Waals surface area contributed by atoms with E-state index in [1.165, 1.54) is 24.0 Å². The zero-order chi connectivity index (χ0) is 16.9. The van der Waals surface area contributed by atoms with Crippen LogP contribution in [0.15, 0.2) is 18.2 Å². The molecule has 2 N–H and O–H groups in total. The van der Waals surface area contributed by atoms with Crippen LogP contribution < -0.4 is 5.73 Å². The standard InChI is InChI=1S/C20H28N2O2/c1-13-18-11-14-5-6-15(19(21)23)10-17(14)20(13,2)7-8-22(18)12-16-4-3-9-24-16/h5-6,10,13,16,18H,3-4,7-9,11-12H2,1-2H3,(H2,21,23)/t13-,16-,18+,20+/m1/s1. The van der Waals surface area contributed by atoms with Crippen LogP contribution in [0.5, 0.6) is 0 Å². The van der Waals surface area contributed by atoms with E-state index in [-0.39, 0.29) is 11.3 Å². The number of likely N-dealkylation sites (tertiary alicyclic amines) is 1. The van der Waals surface area contributed by atoms with Gasteiger partial charge < -0.3 is 10.5 Å². The number of amides is 1. The normalized spacial score (nSPS) is 35.7. The van der Waals surface area contributed by atoms with Gasteiger partial charge in [-0.15, -0.1) is 0 Å². The summed E-state index contributed by atoms with van der Waals surface area (Å²) in [5.74, 6) is 0.246. The number of hydrogen-bond acceptors (Lipinski definition) is 3. The van der Waals surface area contributed by atoms with Crippen molar-refractivity contribution in [3.05, 3.63) is 34.9 Å². The number of piperidine rings is 1. The highest BCUT2D eigenvalue weighted by Crippen LogP contribution is 2.48. The van der Waals surface area contributed by atoms with E-state index in [0.717, 1.165) is 32.5 Å². The lowest BCUT2D eigenvalue weighted by atomic mass is 9.59. The molecule has 2 fully saturated rings. The van der Waals surface area contributed by atoms with Gasteiger partial charge in [0.05, 0.1) is 6.10 Å². The Labute approximate surface area is 144 Å². The number of rotatable bonds is 3. The van der Waals surface area contributed by atoms with Gasteiger partial charge in [0.2, 0.25) is 5.91 Å². The maximum atomic E-state index is 11.6. The van der Waals surface area contributed by atoms with Gasteiger partial charge in [0.15, 0.2) is 0 Å². The minimum absolute atomic E-state index is 0.136. The van der Waals surface area contributed by atoms with Crippen molar-refractivity contribution in [2.24, 2.45) is 11.7 Å². The van der Waals surface area contributed by atoms with Gasteiger partial charge in [-0.2, -0.15) is 0 Å². The summed E-state index contributed by atoms with van der Waals surface area (Å²) in [4.78, 5) is 14.3. The van der Waals surface area contributed by atoms with E-state index < -0.39 is 0 Å².